The van der Waals surface area contributed by atoms with Crippen LogP contribution in [0, 0.1) is 5.41 Å². The number of rotatable bonds is 1. The van der Waals surface area contributed by atoms with Crippen molar-refractivity contribution >= 4 is 46.8 Å². The number of hydrogen-bond donors (Lipinski definition) is 4. The zero-order valence-corrected chi connectivity index (χ0v) is 11.5. The molecule has 6 nitrogen and oxygen atoms in total. The first-order valence-electron chi connectivity index (χ1n) is 5.03. The number of nitrogens with zero attached hydrogens (tertiary/aromatic N) is 1. The molecule has 102 valence electrons. The predicted molar refractivity (Wildman–Crippen MR) is 76.2 cm³/mol. The van der Waals surface area contributed by atoms with Crippen LogP contribution < -0.4 is 5.73 Å². The molecule has 0 aliphatic rings. The van der Waals surface area contributed by atoms with Crippen molar-refractivity contribution in [2.75, 3.05) is 7.05 Å². The van der Waals surface area contributed by atoms with Crippen molar-refractivity contribution in [3.8, 4) is 5.75 Å². The Labute approximate surface area is 120 Å². The number of phenolic OH excluding ortho intramolecular Hbond substituents is 1. The van der Waals surface area contributed by atoms with E-state index in [-0.39, 0.29) is 29.8 Å². The van der Waals surface area contributed by atoms with Crippen LogP contribution in [0.25, 0.3) is 10.9 Å². The molecule has 0 saturated heterocycles. The van der Waals surface area contributed by atoms with Crippen LogP contribution in [0.2, 0.25) is 5.02 Å². The average Bonchev–Trinajstić information content (AvgIpc) is 2.70. The Morgan fingerprint density at radius 3 is 2.68 bits per heavy atom. The van der Waals surface area contributed by atoms with Gasteiger partial charge in [-0.1, -0.05) is 11.6 Å². The third kappa shape index (κ3) is 2.74. The zero-order valence-electron chi connectivity index (χ0n) is 9.90. The summed E-state index contributed by atoms with van der Waals surface area (Å²) in [5.41, 5.74) is 6.02. The zero-order chi connectivity index (χ0) is 13.4. The molecule has 0 saturated carbocycles. The molecule has 0 spiro atoms. The highest BCUT2D eigenvalue weighted by Crippen LogP contribution is 2.29. The van der Waals surface area contributed by atoms with Crippen molar-refractivity contribution in [3.05, 3.63) is 28.9 Å². The second kappa shape index (κ2) is 5.38. The summed E-state index contributed by atoms with van der Waals surface area (Å²) in [7, 11) is 1.40. The topological polar surface area (TPSA) is 106 Å². The Kier molecular flexibility index (Phi) is 4.28. The fourth-order valence-electron chi connectivity index (χ4n) is 1.58. The molecular formula is C11H12Cl2N4O2. The van der Waals surface area contributed by atoms with Gasteiger partial charge >= 0.3 is 0 Å². The van der Waals surface area contributed by atoms with Gasteiger partial charge in [-0.15, -0.1) is 12.4 Å². The molecule has 1 aromatic carbocycles. The first-order chi connectivity index (χ1) is 8.40. The van der Waals surface area contributed by atoms with E-state index in [0.29, 0.717) is 15.9 Å². The van der Waals surface area contributed by atoms with Gasteiger partial charge in [0, 0.05) is 18.5 Å². The fraction of sp³-hybridized carbons (Fsp3) is 0.0909. The maximum atomic E-state index is 11.9. The average molecular weight is 303 g/mol. The van der Waals surface area contributed by atoms with Crippen LogP contribution >= 0.6 is 24.0 Å². The minimum absolute atomic E-state index is 0. The number of phenols is 1. The van der Waals surface area contributed by atoms with Crippen LogP contribution in [0.3, 0.4) is 0 Å². The van der Waals surface area contributed by atoms with Crippen LogP contribution in [0.4, 0.5) is 0 Å². The summed E-state index contributed by atoms with van der Waals surface area (Å²) in [4.78, 5) is 15.7. The molecule has 19 heavy (non-hydrogen) atoms. The molecule has 0 unspecified atom stereocenters. The number of halogens is 2. The van der Waals surface area contributed by atoms with E-state index in [9.17, 15) is 9.90 Å². The van der Waals surface area contributed by atoms with Gasteiger partial charge in [0.2, 0.25) is 0 Å². The summed E-state index contributed by atoms with van der Waals surface area (Å²) >= 11 is 5.95. The van der Waals surface area contributed by atoms with E-state index in [4.69, 9.17) is 22.7 Å². The largest absolute Gasteiger partial charge is 0.508 e. The first kappa shape index (κ1) is 15.1. The maximum Gasteiger partial charge on any atom is 0.276 e. The van der Waals surface area contributed by atoms with Gasteiger partial charge in [0.25, 0.3) is 5.91 Å². The van der Waals surface area contributed by atoms with Crippen molar-refractivity contribution in [1.29, 1.82) is 5.41 Å². The highest BCUT2D eigenvalue weighted by molar-refractivity contribution is 6.35. The fourth-order valence-corrected chi connectivity index (χ4v) is 1.85. The Morgan fingerprint density at radius 1 is 1.47 bits per heavy atom. The van der Waals surface area contributed by atoms with Crippen molar-refractivity contribution in [3.63, 3.8) is 0 Å². The molecule has 1 aromatic heterocycles. The Balaban J connectivity index is 0.00000180. The van der Waals surface area contributed by atoms with Crippen molar-refractivity contribution in [1.82, 2.24) is 9.88 Å². The van der Waals surface area contributed by atoms with Gasteiger partial charge in [-0.25, -0.2) is 0 Å². The molecule has 0 aliphatic heterocycles. The number of guanidine groups is 1. The molecule has 0 aliphatic carbocycles. The van der Waals surface area contributed by atoms with Crippen molar-refractivity contribution in [2.45, 2.75) is 0 Å². The maximum absolute atomic E-state index is 11.9. The summed E-state index contributed by atoms with van der Waals surface area (Å²) in [6.07, 6.45) is 0. The van der Waals surface area contributed by atoms with Gasteiger partial charge in [0.05, 0.1) is 10.5 Å². The number of amides is 1. The van der Waals surface area contributed by atoms with Gasteiger partial charge in [0.1, 0.15) is 11.4 Å². The quantitative estimate of drug-likeness (QED) is 0.477. The second-order valence-corrected chi connectivity index (χ2v) is 4.23. The van der Waals surface area contributed by atoms with Gasteiger partial charge in [-0.2, -0.15) is 0 Å². The minimum atomic E-state index is -0.450. The second-order valence-electron chi connectivity index (χ2n) is 3.82. The number of carbonyl (C=O) groups excluding carboxylic acids is 1. The number of benzene rings is 1. The van der Waals surface area contributed by atoms with Gasteiger partial charge in [-0.3, -0.25) is 15.1 Å². The predicted octanol–water partition coefficient (Wildman–Crippen LogP) is 1.91. The normalized spacial score (nSPS) is 10.0. The molecule has 0 fully saturated rings. The number of fused-ring (bicyclic) bond motifs is 1. The molecule has 5 N–H and O–H groups in total. The monoisotopic (exact) mass is 302 g/mol. The minimum Gasteiger partial charge on any atom is -0.508 e. The standard InChI is InChI=1S/C11H11ClN4O2.ClH/c1-16(11(13)14)10(18)9-4-6-7(12)2-5(17)3-8(6)15-9;/h2-4,15,17H,1H3,(H3,13,14);1H. The van der Waals surface area contributed by atoms with E-state index < -0.39 is 5.91 Å². The highest BCUT2D eigenvalue weighted by atomic mass is 35.5. The summed E-state index contributed by atoms with van der Waals surface area (Å²) in [5, 5.41) is 17.6. The lowest BCUT2D eigenvalue weighted by atomic mass is 10.2. The van der Waals surface area contributed by atoms with E-state index in [1.54, 1.807) is 6.07 Å². The summed E-state index contributed by atoms with van der Waals surface area (Å²) in [6.45, 7) is 0. The Hall–Kier alpha value is -1.92. The third-order valence-electron chi connectivity index (χ3n) is 2.57. The lowest BCUT2D eigenvalue weighted by molar-refractivity contribution is 0.0864. The number of aromatic nitrogens is 1. The molecule has 1 amide bonds. The molecule has 2 rings (SSSR count). The lowest BCUT2D eigenvalue weighted by Gasteiger charge is -2.12. The molecule has 0 radical (unpaired) electrons. The molecule has 0 bridgehead atoms. The molecular weight excluding hydrogens is 291 g/mol. The van der Waals surface area contributed by atoms with E-state index >= 15 is 0 Å². The van der Waals surface area contributed by atoms with E-state index in [2.05, 4.69) is 4.98 Å². The number of nitrogens with two attached hydrogens (primary N) is 1. The van der Waals surface area contributed by atoms with Crippen LogP contribution in [0.15, 0.2) is 18.2 Å². The van der Waals surface area contributed by atoms with E-state index in [0.717, 1.165) is 4.90 Å². The van der Waals surface area contributed by atoms with Crippen LogP contribution in [0.5, 0.6) is 5.75 Å². The highest BCUT2D eigenvalue weighted by Gasteiger charge is 2.17. The van der Waals surface area contributed by atoms with E-state index in [1.165, 1.54) is 19.2 Å². The smallest absolute Gasteiger partial charge is 0.276 e. The number of carbonyl (C=O) groups is 1. The van der Waals surface area contributed by atoms with E-state index in [1.807, 2.05) is 0 Å². The van der Waals surface area contributed by atoms with Gasteiger partial charge in [-0.05, 0) is 12.1 Å². The number of H-pyrrole nitrogens is 1. The van der Waals surface area contributed by atoms with Crippen molar-refractivity contribution < 1.29 is 9.90 Å². The Bertz CT molecular complexity index is 653. The van der Waals surface area contributed by atoms with Crippen LogP contribution in [0.1, 0.15) is 10.5 Å². The number of hydrogen-bond acceptors (Lipinski definition) is 3. The van der Waals surface area contributed by atoms with Crippen molar-refractivity contribution in [2.24, 2.45) is 5.73 Å². The lowest BCUT2D eigenvalue weighted by Crippen LogP contribution is -2.38. The van der Waals surface area contributed by atoms with Crippen LogP contribution in [-0.2, 0) is 0 Å². The van der Waals surface area contributed by atoms with Gasteiger partial charge in [0.15, 0.2) is 5.96 Å². The number of aromatic amines is 1. The summed E-state index contributed by atoms with van der Waals surface area (Å²) < 4.78 is 0. The SMILES string of the molecule is CN(C(=N)N)C(=O)c1cc2c(Cl)cc(O)cc2[nH]1.Cl. The molecule has 8 heteroatoms. The summed E-state index contributed by atoms with van der Waals surface area (Å²) in [5.74, 6) is -0.796. The number of nitrogens with one attached hydrogen (secondary N) is 2. The molecule has 0 atom stereocenters. The first-order valence-corrected chi connectivity index (χ1v) is 5.41. The summed E-state index contributed by atoms with van der Waals surface area (Å²) in [6, 6.07) is 4.41. The number of aromatic hydroxyl groups is 1. The third-order valence-corrected chi connectivity index (χ3v) is 2.88. The molecule has 1 heterocycles. The van der Waals surface area contributed by atoms with Gasteiger partial charge < -0.3 is 15.8 Å². The molecule has 2 aromatic rings. The Morgan fingerprint density at radius 2 is 2.11 bits per heavy atom. The van der Waals surface area contributed by atoms with Crippen LogP contribution in [-0.4, -0.2) is 33.9 Å².